The third-order valence-electron chi connectivity index (χ3n) is 5.51. The van der Waals surface area contributed by atoms with Gasteiger partial charge in [-0.15, -0.1) is 0 Å². The van der Waals surface area contributed by atoms with Gasteiger partial charge in [0.25, 0.3) is 5.91 Å². The lowest BCUT2D eigenvalue weighted by Gasteiger charge is -2.33. The summed E-state index contributed by atoms with van der Waals surface area (Å²) in [4.78, 5) is 63.9. The number of primary amides is 1. The molecular weight excluding hydrogens is 394 g/mol. The van der Waals surface area contributed by atoms with Crippen molar-refractivity contribution in [3.63, 3.8) is 0 Å². The Morgan fingerprint density at radius 2 is 1.50 bits per heavy atom. The molecule has 0 radical (unpaired) electrons. The van der Waals surface area contributed by atoms with E-state index < -0.39 is 29.8 Å². The summed E-state index contributed by atoms with van der Waals surface area (Å²) in [6.07, 6.45) is 1.02. The average molecular weight is 417 g/mol. The fraction of sp³-hybridized carbons (Fsp3) is 0.450. The van der Waals surface area contributed by atoms with Crippen molar-refractivity contribution in [1.82, 2.24) is 4.90 Å². The number of anilines is 1. The zero-order chi connectivity index (χ0) is 22.0. The van der Waals surface area contributed by atoms with Gasteiger partial charge in [0, 0.05) is 5.92 Å². The lowest BCUT2D eigenvalue weighted by molar-refractivity contribution is -0.124. The van der Waals surface area contributed by atoms with Crippen molar-refractivity contribution in [1.29, 1.82) is 0 Å². The fourth-order valence-electron chi connectivity index (χ4n) is 3.88. The van der Waals surface area contributed by atoms with Crippen molar-refractivity contribution in [2.24, 2.45) is 11.7 Å². The summed E-state index contributed by atoms with van der Waals surface area (Å²) < 4.78 is 9.39. The molecular formula is C20H23N3O7. The molecule has 2 N–H and O–H groups in total. The predicted molar refractivity (Wildman–Crippen MR) is 104 cm³/mol. The molecule has 2 fully saturated rings. The number of methoxy groups -OCH3 is 2. The molecule has 10 heteroatoms. The van der Waals surface area contributed by atoms with Gasteiger partial charge in [-0.2, -0.15) is 0 Å². The van der Waals surface area contributed by atoms with Crippen molar-refractivity contribution in [2.45, 2.75) is 25.3 Å². The molecule has 3 amide bonds. The molecule has 1 aromatic carbocycles. The van der Waals surface area contributed by atoms with Crippen LogP contribution in [0, 0.1) is 5.92 Å². The van der Waals surface area contributed by atoms with Crippen molar-refractivity contribution >= 4 is 35.3 Å². The molecule has 2 aliphatic rings. The zero-order valence-electron chi connectivity index (χ0n) is 16.8. The number of imide groups is 1. The standard InChI is InChI=1S/C20H23N3O7/c1-29-19(27)12-7-13(20(28)30-2)9-14(8-12)23-16(24)10-15(18(23)26)22-5-3-11(4-6-22)17(21)25/h7-9,11,15H,3-6,10H2,1-2H3,(H2,21,25)/t15-/m1/s1. The topological polar surface area (TPSA) is 136 Å². The Kier molecular flexibility index (Phi) is 6.16. The van der Waals surface area contributed by atoms with Crippen LogP contribution < -0.4 is 10.6 Å². The number of benzene rings is 1. The van der Waals surface area contributed by atoms with Crippen LogP contribution in [0.1, 0.15) is 40.0 Å². The van der Waals surface area contributed by atoms with E-state index in [1.54, 1.807) is 0 Å². The number of hydrogen-bond donors (Lipinski definition) is 1. The minimum atomic E-state index is -0.717. The first kappa shape index (κ1) is 21.4. The van der Waals surface area contributed by atoms with E-state index in [1.807, 2.05) is 4.90 Å². The molecule has 0 bridgehead atoms. The first-order valence-electron chi connectivity index (χ1n) is 9.48. The number of hydrogen-bond acceptors (Lipinski definition) is 8. The summed E-state index contributed by atoms with van der Waals surface area (Å²) in [5, 5.41) is 0. The van der Waals surface area contributed by atoms with E-state index in [4.69, 9.17) is 15.2 Å². The van der Waals surface area contributed by atoms with Crippen molar-refractivity contribution in [2.75, 3.05) is 32.2 Å². The van der Waals surface area contributed by atoms with E-state index in [-0.39, 0.29) is 35.1 Å². The minimum absolute atomic E-state index is 0.0155. The van der Waals surface area contributed by atoms with Crippen molar-refractivity contribution in [3.8, 4) is 0 Å². The minimum Gasteiger partial charge on any atom is -0.465 e. The van der Waals surface area contributed by atoms with E-state index in [9.17, 15) is 24.0 Å². The number of nitrogens with two attached hydrogens (primary N) is 1. The Bertz CT molecular complexity index is 871. The second kappa shape index (κ2) is 8.62. The Morgan fingerprint density at radius 1 is 0.967 bits per heavy atom. The van der Waals surface area contributed by atoms with Crippen LogP contribution >= 0.6 is 0 Å². The summed E-state index contributed by atoms with van der Waals surface area (Å²) in [6, 6.07) is 3.26. The van der Waals surface area contributed by atoms with E-state index in [2.05, 4.69) is 0 Å². The first-order valence-corrected chi connectivity index (χ1v) is 9.48. The number of carbonyl (C=O) groups is 5. The van der Waals surface area contributed by atoms with E-state index in [0.717, 1.165) is 4.90 Å². The first-order chi connectivity index (χ1) is 14.3. The quantitative estimate of drug-likeness (QED) is 0.526. The molecule has 2 aliphatic heterocycles. The Hall–Kier alpha value is -3.27. The number of nitrogens with zero attached hydrogens (tertiary/aromatic N) is 2. The maximum absolute atomic E-state index is 13.1. The molecule has 10 nitrogen and oxygen atoms in total. The van der Waals surface area contributed by atoms with Crippen LogP contribution in [0.25, 0.3) is 0 Å². The zero-order valence-corrected chi connectivity index (χ0v) is 16.8. The number of carbonyl (C=O) groups excluding carboxylic acids is 5. The van der Waals surface area contributed by atoms with Crippen molar-refractivity contribution < 1.29 is 33.4 Å². The van der Waals surface area contributed by atoms with Gasteiger partial charge in [-0.1, -0.05) is 0 Å². The lowest BCUT2D eigenvalue weighted by Crippen LogP contribution is -2.47. The number of amides is 3. The van der Waals surface area contributed by atoms with Crippen LogP contribution in [0.2, 0.25) is 0 Å². The van der Waals surface area contributed by atoms with E-state index in [1.165, 1.54) is 32.4 Å². The number of esters is 2. The van der Waals surface area contributed by atoms with Gasteiger partial charge in [0.05, 0.1) is 43.5 Å². The number of ether oxygens (including phenoxy) is 2. The molecule has 0 aliphatic carbocycles. The monoisotopic (exact) mass is 417 g/mol. The van der Waals surface area contributed by atoms with Gasteiger partial charge in [0.1, 0.15) is 0 Å². The highest BCUT2D eigenvalue weighted by Crippen LogP contribution is 2.30. The van der Waals surface area contributed by atoms with Gasteiger partial charge in [-0.05, 0) is 44.1 Å². The van der Waals surface area contributed by atoms with Gasteiger partial charge < -0.3 is 15.2 Å². The number of likely N-dealkylation sites (tertiary alicyclic amines) is 1. The Morgan fingerprint density at radius 3 is 1.97 bits per heavy atom. The average Bonchev–Trinajstić information content (AvgIpc) is 3.06. The van der Waals surface area contributed by atoms with E-state index in [0.29, 0.717) is 25.9 Å². The summed E-state index contributed by atoms with van der Waals surface area (Å²) in [6.45, 7) is 0.946. The van der Waals surface area contributed by atoms with Gasteiger partial charge >= 0.3 is 11.9 Å². The van der Waals surface area contributed by atoms with Crippen LogP contribution in [-0.4, -0.2) is 67.9 Å². The second-order valence-electron chi connectivity index (χ2n) is 7.25. The van der Waals surface area contributed by atoms with Gasteiger partial charge in [-0.25, -0.2) is 14.5 Å². The highest BCUT2D eigenvalue weighted by Gasteiger charge is 2.44. The van der Waals surface area contributed by atoms with E-state index >= 15 is 0 Å². The Balaban J connectivity index is 1.88. The van der Waals surface area contributed by atoms with Gasteiger partial charge in [0.2, 0.25) is 11.8 Å². The molecule has 0 unspecified atom stereocenters. The summed E-state index contributed by atoms with van der Waals surface area (Å²) in [5.41, 5.74) is 5.48. The molecule has 160 valence electrons. The highest BCUT2D eigenvalue weighted by molar-refractivity contribution is 6.23. The molecule has 1 atom stereocenters. The highest BCUT2D eigenvalue weighted by atomic mass is 16.5. The SMILES string of the molecule is COC(=O)c1cc(C(=O)OC)cc(N2C(=O)C[C@@H](N3CCC(C(N)=O)CC3)C2=O)c1. The predicted octanol–water partition coefficient (Wildman–Crippen LogP) is 0.0890. The maximum Gasteiger partial charge on any atom is 0.337 e. The number of rotatable bonds is 5. The molecule has 2 heterocycles. The van der Waals surface area contributed by atoms with Crippen LogP contribution in [0.3, 0.4) is 0 Å². The number of piperidine rings is 1. The second-order valence-corrected chi connectivity index (χ2v) is 7.25. The molecule has 0 aromatic heterocycles. The summed E-state index contributed by atoms with van der Waals surface area (Å²) in [7, 11) is 2.37. The molecule has 2 saturated heterocycles. The van der Waals surface area contributed by atoms with Crippen LogP contribution in [-0.2, 0) is 23.9 Å². The van der Waals surface area contributed by atoms with Crippen molar-refractivity contribution in [3.05, 3.63) is 29.3 Å². The molecule has 0 spiro atoms. The van der Waals surface area contributed by atoms with Crippen LogP contribution in [0.5, 0.6) is 0 Å². The van der Waals surface area contributed by atoms with Crippen LogP contribution in [0.4, 0.5) is 5.69 Å². The normalized spacial score (nSPS) is 20.3. The third kappa shape index (κ3) is 4.04. The lowest BCUT2D eigenvalue weighted by atomic mass is 9.95. The Labute approximate surface area is 172 Å². The molecule has 30 heavy (non-hydrogen) atoms. The summed E-state index contributed by atoms with van der Waals surface area (Å²) in [5.74, 6) is -2.92. The molecule has 0 saturated carbocycles. The largest absolute Gasteiger partial charge is 0.465 e. The third-order valence-corrected chi connectivity index (χ3v) is 5.51. The van der Waals surface area contributed by atoms with Gasteiger partial charge in [-0.3, -0.25) is 19.3 Å². The summed E-state index contributed by atoms with van der Waals surface area (Å²) >= 11 is 0. The fourth-order valence-corrected chi connectivity index (χ4v) is 3.88. The smallest absolute Gasteiger partial charge is 0.337 e. The molecule has 3 rings (SSSR count). The van der Waals surface area contributed by atoms with Gasteiger partial charge in [0.15, 0.2) is 0 Å². The molecule has 1 aromatic rings. The maximum atomic E-state index is 13.1. The van der Waals surface area contributed by atoms with Crippen LogP contribution in [0.15, 0.2) is 18.2 Å².